The highest BCUT2D eigenvalue weighted by Crippen LogP contribution is 2.32. The van der Waals surface area contributed by atoms with E-state index in [0.717, 1.165) is 5.56 Å². The van der Waals surface area contributed by atoms with E-state index in [1.807, 2.05) is 23.6 Å². The number of carbonyl (C=O) groups excluding carboxylic acids is 1. The number of hydrogen-bond donors (Lipinski definition) is 2. The number of aryl methyl sites for hydroxylation is 1. The number of carbonyl (C=O) groups is 1. The molecule has 0 saturated heterocycles. The summed E-state index contributed by atoms with van der Waals surface area (Å²) in [6.07, 6.45) is 0. The van der Waals surface area contributed by atoms with E-state index < -0.39 is 0 Å². The van der Waals surface area contributed by atoms with Crippen LogP contribution in [0.2, 0.25) is 0 Å². The molecule has 4 rings (SSSR count). The first-order chi connectivity index (χ1) is 13.7. The number of ether oxygens (including phenoxy) is 2. The maximum absolute atomic E-state index is 12.5. The summed E-state index contributed by atoms with van der Waals surface area (Å²) in [5.41, 5.74) is 3.05. The van der Waals surface area contributed by atoms with Crippen LogP contribution in [0.1, 0.15) is 22.0 Å². The third-order valence-electron chi connectivity index (χ3n) is 4.53. The molecule has 2 N–H and O–H groups in total. The molecule has 1 aromatic heterocycles. The molecular weight excluding hydrogens is 372 g/mol. The maximum Gasteiger partial charge on any atom is 0.238 e. The van der Waals surface area contributed by atoms with Gasteiger partial charge in [0.1, 0.15) is 13.2 Å². The van der Waals surface area contributed by atoms with Crippen molar-refractivity contribution in [2.45, 2.75) is 13.0 Å². The second-order valence-electron chi connectivity index (χ2n) is 6.65. The van der Waals surface area contributed by atoms with E-state index in [1.54, 1.807) is 17.4 Å². The van der Waals surface area contributed by atoms with E-state index in [4.69, 9.17) is 9.47 Å². The van der Waals surface area contributed by atoms with Crippen molar-refractivity contribution in [2.75, 3.05) is 25.1 Å². The van der Waals surface area contributed by atoms with Gasteiger partial charge in [-0.25, -0.2) is 0 Å². The minimum Gasteiger partial charge on any atom is -0.486 e. The Bertz CT molecular complexity index is 939. The maximum atomic E-state index is 12.5. The molecule has 6 heteroatoms. The van der Waals surface area contributed by atoms with Crippen LogP contribution in [0, 0.1) is 6.92 Å². The quantitative estimate of drug-likeness (QED) is 0.660. The fourth-order valence-corrected chi connectivity index (χ4v) is 3.95. The molecule has 0 fully saturated rings. The lowest BCUT2D eigenvalue weighted by molar-refractivity contribution is -0.115. The summed E-state index contributed by atoms with van der Waals surface area (Å²) in [4.78, 5) is 13.7. The zero-order valence-corrected chi connectivity index (χ0v) is 16.4. The van der Waals surface area contributed by atoms with Crippen molar-refractivity contribution in [3.05, 3.63) is 76.0 Å². The summed E-state index contributed by atoms with van der Waals surface area (Å²) in [5, 5.41) is 8.35. The third-order valence-corrected chi connectivity index (χ3v) is 5.47. The summed E-state index contributed by atoms with van der Waals surface area (Å²) in [5.74, 6) is 1.26. The molecule has 2 aromatic carbocycles. The summed E-state index contributed by atoms with van der Waals surface area (Å²) < 4.78 is 11.1. The van der Waals surface area contributed by atoms with Gasteiger partial charge in [-0.3, -0.25) is 10.1 Å². The first-order valence-corrected chi connectivity index (χ1v) is 10.1. The van der Waals surface area contributed by atoms with Crippen LogP contribution in [0.15, 0.2) is 60.0 Å². The van der Waals surface area contributed by atoms with Crippen LogP contribution in [-0.2, 0) is 4.79 Å². The Labute approximate surface area is 168 Å². The zero-order chi connectivity index (χ0) is 19.3. The molecule has 0 aliphatic carbocycles. The van der Waals surface area contributed by atoms with Crippen molar-refractivity contribution in [3.8, 4) is 11.5 Å². The SMILES string of the molecule is Cc1ccc(C(NCC(=O)Nc2ccc3c(c2)OCCO3)c2cccs2)cc1. The molecule has 28 heavy (non-hydrogen) atoms. The number of rotatable bonds is 6. The van der Waals surface area contributed by atoms with Gasteiger partial charge in [0.05, 0.1) is 12.6 Å². The summed E-state index contributed by atoms with van der Waals surface area (Å²) >= 11 is 1.68. The lowest BCUT2D eigenvalue weighted by atomic mass is 10.0. The summed E-state index contributed by atoms with van der Waals surface area (Å²) in [6.45, 7) is 3.33. The molecular formula is C22H22N2O3S. The Morgan fingerprint density at radius 3 is 2.61 bits per heavy atom. The van der Waals surface area contributed by atoms with Crippen LogP contribution in [0.4, 0.5) is 5.69 Å². The zero-order valence-electron chi connectivity index (χ0n) is 15.6. The predicted octanol–water partition coefficient (Wildman–Crippen LogP) is 4.15. The topological polar surface area (TPSA) is 59.6 Å². The number of benzene rings is 2. The minimum absolute atomic E-state index is 0.0217. The summed E-state index contributed by atoms with van der Waals surface area (Å²) in [6, 6.07) is 17.9. The fourth-order valence-electron chi connectivity index (χ4n) is 3.12. The van der Waals surface area contributed by atoms with Gasteiger partial charge in [-0.1, -0.05) is 35.9 Å². The Morgan fingerprint density at radius 2 is 1.86 bits per heavy atom. The van der Waals surface area contributed by atoms with Gasteiger partial charge in [-0.2, -0.15) is 0 Å². The monoisotopic (exact) mass is 394 g/mol. The highest BCUT2D eigenvalue weighted by molar-refractivity contribution is 7.10. The second kappa shape index (κ2) is 8.46. The average molecular weight is 394 g/mol. The molecule has 1 amide bonds. The number of anilines is 1. The molecule has 5 nitrogen and oxygen atoms in total. The normalized spacial score (nSPS) is 13.8. The van der Waals surface area contributed by atoms with E-state index in [9.17, 15) is 4.79 Å². The highest BCUT2D eigenvalue weighted by atomic mass is 32.1. The highest BCUT2D eigenvalue weighted by Gasteiger charge is 2.17. The smallest absolute Gasteiger partial charge is 0.238 e. The molecule has 1 atom stereocenters. The Morgan fingerprint density at radius 1 is 1.07 bits per heavy atom. The largest absolute Gasteiger partial charge is 0.486 e. The second-order valence-corrected chi connectivity index (χ2v) is 7.63. The number of nitrogens with one attached hydrogen (secondary N) is 2. The lowest BCUT2D eigenvalue weighted by Gasteiger charge is -2.20. The lowest BCUT2D eigenvalue weighted by Crippen LogP contribution is -2.31. The number of hydrogen-bond acceptors (Lipinski definition) is 5. The van der Waals surface area contributed by atoms with Gasteiger partial charge < -0.3 is 14.8 Å². The van der Waals surface area contributed by atoms with Gasteiger partial charge in [0.15, 0.2) is 11.5 Å². The number of thiophene rings is 1. The van der Waals surface area contributed by atoms with Gasteiger partial charge in [-0.15, -0.1) is 11.3 Å². The van der Waals surface area contributed by atoms with Crippen LogP contribution in [0.25, 0.3) is 0 Å². The molecule has 0 radical (unpaired) electrons. The number of amides is 1. The van der Waals surface area contributed by atoms with Gasteiger partial charge in [0.25, 0.3) is 0 Å². The van der Waals surface area contributed by atoms with Crippen LogP contribution >= 0.6 is 11.3 Å². The Hall–Kier alpha value is -2.83. The van der Waals surface area contributed by atoms with Crippen molar-refractivity contribution >= 4 is 22.9 Å². The fraction of sp³-hybridized carbons (Fsp3) is 0.227. The Balaban J connectivity index is 1.42. The molecule has 0 bridgehead atoms. The van der Waals surface area contributed by atoms with Crippen molar-refractivity contribution in [1.82, 2.24) is 5.32 Å². The molecule has 144 valence electrons. The van der Waals surface area contributed by atoms with Crippen molar-refractivity contribution < 1.29 is 14.3 Å². The van der Waals surface area contributed by atoms with Gasteiger partial charge in [0, 0.05) is 16.6 Å². The molecule has 1 unspecified atom stereocenters. The van der Waals surface area contributed by atoms with Gasteiger partial charge >= 0.3 is 0 Å². The molecule has 0 saturated carbocycles. The van der Waals surface area contributed by atoms with Crippen LogP contribution in [-0.4, -0.2) is 25.7 Å². The van der Waals surface area contributed by atoms with E-state index in [-0.39, 0.29) is 18.5 Å². The van der Waals surface area contributed by atoms with Crippen molar-refractivity contribution in [1.29, 1.82) is 0 Å². The molecule has 2 heterocycles. The van der Waals surface area contributed by atoms with Crippen molar-refractivity contribution in [3.63, 3.8) is 0 Å². The van der Waals surface area contributed by atoms with Crippen molar-refractivity contribution in [2.24, 2.45) is 0 Å². The summed E-state index contributed by atoms with van der Waals surface area (Å²) in [7, 11) is 0. The molecule has 3 aromatic rings. The standard InChI is InChI=1S/C22H22N2O3S/c1-15-4-6-16(7-5-15)22(20-3-2-12-28-20)23-14-21(25)24-17-8-9-18-19(13-17)27-11-10-26-18/h2-9,12-13,22-23H,10-11,14H2,1H3,(H,24,25). The van der Waals surface area contributed by atoms with E-state index >= 15 is 0 Å². The first kappa shape index (κ1) is 18.5. The average Bonchev–Trinajstić information content (AvgIpc) is 3.24. The van der Waals surface area contributed by atoms with E-state index in [0.29, 0.717) is 30.4 Å². The van der Waals surface area contributed by atoms with E-state index in [1.165, 1.54) is 10.4 Å². The molecule has 1 aliphatic rings. The van der Waals surface area contributed by atoms with E-state index in [2.05, 4.69) is 47.9 Å². The van der Waals surface area contributed by atoms with Gasteiger partial charge in [0.2, 0.25) is 5.91 Å². The van der Waals surface area contributed by atoms with Gasteiger partial charge in [-0.05, 0) is 36.1 Å². The predicted molar refractivity (Wildman–Crippen MR) is 111 cm³/mol. The van der Waals surface area contributed by atoms with Crippen LogP contribution in [0.3, 0.4) is 0 Å². The Kier molecular flexibility index (Phi) is 5.60. The van der Waals surface area contributed by atoms with Crippen LogP contribution < -0.4 is 20.1 Å². The number of fused-ring (bicyclic) bond motifs is 1. The molecule has 1 aliphatic heterocycles. The minimum atomic E-state index is -0.106. The third kappa shape index (κ3) is 4.35. The molecule has 0 spiro atoms. The van der Waals surface area contributed by atoms with Crippen LogP contribution in [0.5, 0.6) is 11.5 Å². The first-order valence-electron chi connectivity index (χ1n) is 9.22.